The van der Waals surface area contributed by atoms with Gasteiger partial charge in [-0.1, -0.05) is 74.7 Å². The van der Waals surface area contributed by atoms with Crippen molar-refractivity contribution in [3.8, 4) is 17.2 Å². The molecule has 4 rings (SSSR count). The van der Waals surface area contributed by atoms with Crippen molar-refractivity contribution in [3.05, 3.63) is 83.7 Å². The quantitative estimate of drug-likeness (QED) is 0.247. The molecule has 0 atom stereocenters. The predicted octanol–water partition coefficient (Wildman–Crippen LogP) is 7.79. The molecule has 0 aliphatic heterocycles. The number of fused-ring (bicyclic) bond motifs is 3. The zero-order chi connectivity index (χ0) is 20.2. The molecule has 0 N–H and O–H groups in total. The molecule has 0 bridgehead atoms. The van der Waals surface area contributed by atoms with Gasteiger partial charge >= 0.3 is 0 Å². The second-order valence-electron chi connectivity index (χ2n) is 7.67. The van der Waals surface area contributed by atoms with E-state index in [4.69, 9.17) is 5.26 Å². The average Bonchev–Trinajstić information content (AvgIpc) is 2.76. The van der Waals surface area contributed by atoms with E-state index in [0.29, 0.717) is 0 Å². The molecule has 0 heterocycles. The number of nitriles is 1. The predicted molar refractivity (Wildman–Crippen MR) is 119 cm³/mol. The highest BCUT2D eigenvalue weighted by atomic mass is 19.1. The van der Waals surface area contributed by atoms with Crippen LogP contribution in [0.3, 0.4) is 0 Å². The molecule has 0 aromatic heterocycles. The zero-order valence-electron chi connectivity index (χ0n) is 16.7. The number of unbranched alkanes of at least 4 members (excludes halogenated alkanes) is 3. The summed E-state index contributed by atoms with van der Waals surface area (Å²) in [7, 11) is 0. The molecule has 1 nitrogen and oxygen atoms in total. The van der Waals surface area contributed by atoms with Crippen molar-refractivity contribution in [2.24, 2.45) is 0 Å². The highest BCUT2D eigenvalue weighted by molar-refractivity contribution is 6.08. The van der Waals surface area contributed by atoms with Crippen LogP contribution in [0, 0.1) is 17.1 Å². The minimum atomic E-state index is -0.477. The summed E-state index contributed by atoms with van der Waals surface area (Å²) >= 11 is 0. The van der Waals surface area contributed by atoms with Crippen molar-refractivity contribution in [2.45, 2.75) is 39.0 Å². The van der Waals surface area contributed by atoms with Crippen LogP contribution in [0.4, 0.5) is 4.39 Å². The van der Waals surface area contributed by atoms with Gasteiger partial charge in [0.25, 0.3) is 0 Å². The second kappa shape index (κ2) is 8.45. The van der Waals surface area contributed by atoms with E-state index in [1.165, 1.54) is 59.5 Å². The highest BCUT2D eigenvalue weighted by Crippen LogP contribution is 2.31. The Morgan fingerprint density at radius 3 is 2.17 bits per heavy atom. The lowest BCUT2D eigenvalue weighted by atomic mass is 9.95. The number of aryl methyl sites for hydroxylation is 1. The van der Waals surface area contributed by atoms with E-state index in [1.54, 1.807) is 6.07 Å². The van der Waals surface area contributed by atoms with E-state index in [1.807, 2.05) is 12.1 Å². The lowest BCUT2D eigenvalue weighted by Crippen LogP contribution is -1.88. The number of hydrogen-bond donors (Lipinski definition) is 0. The molecular formula is C27H24FN. The molecule has 0 fully saturated rings. The Kier molecular flexibility index (Phi) is 5.58. The lowest BCUT2D eigenvalue weighted by Gasteiger charge is -2.09. The van der Waals surface area contributed by atoms with Crippen molar-refractivity contribution in [1.29, 1.82) is 5.26 Å². The lowest BCUT2D eigenvalue weighted by molar-refractivity contribution is 0.624. The van der Waals surface area contributed by atoms with Crippen LogP contribution in [-0.4, -0.2) is 0 Å². The van der Waals surface area contributed by atoms with Gasteiger partial charge in [0.2, 0.25) is 0 Å². The van der Waals surface area contributed by atoms with Crippen molar-refractivity contribution in [3.63, 3.8) is 0 Å². The molecule has 0 radical (unpaired) electrons. The number of nitrogens with zero attached hydrogens (tertiary/aromatic N) is 1. The van der Waals surface area contributed by atoms with Gasteiger partial charge in [-0.2, -0.15) is 5.26 Å². The fraction of sp³-hybridized carbons (Fsp3) is 0.222. The molecular weight excluding hydrogens is 357 g/mol. The highest BCUT2D eigenvalue weighted by Gasteiger charge is 2.07. The first-order chi connectivity index (χ1) is 14.2. The van der Waals surface area contributed by atoms with Crippen LogP contribution in [0.2, 0.25) is 0 Å². The minimum absolute atomic E-state index is 0.0750. The first kappa shape index (κ1) is 19.2. The van der Waals surface area contributed by atoms with Gasteiger partial charge in [-0.15, -0.1) is 0 Å². The Morgan fingerprint density at radius 2 is 1.45 bits per heavy atom. The Morgan fingerprint density at radius 1 is 0.759 bits per heavy atom. The van der Waals surface area contributed by atoms with Crippen molar-refractivity contribution < 1.29 is 4.39 Å². The third-order valence-corrected chi connectivity index (χ3v) is 5.64. The van der Waals surface area contributed by atoms with E-state index in [-0.39, 0.29) is 5.56 Å². The van der Waals surface area contributed by atoms with Gasteiger partial charge in [0.1, 0.15) is 11.9 Å². The van der Waals surface area contributed by atoms with Gasteiger partial charge in [-0.25, -0.2) is 4.39 Å². The summed E-state index contributed by atoms with van der Waals surface area (Å²) in [5, 5.41) is 13.8. The maximum atomic E-state index is 14.0. The molecule has 0 saturated heterocycles. The maximum absolute atomic E-state index is 14.0. The largest absolute Gasteiger partial charge is 0.206 e. The average molecular weight is 381 g/mol. The van der Waals surface area contributed by atoms with Crippen LogP contribution in [0.25, 0.3) is 32.7 Å². The van der Waals surface area contributed by atoms with Gasteiger partial charge < -0.3 is 0 Å². The first-order valence-corrected chi connectivity index (χ1v) is 10.3. The summed E-state index contributed by atoms with van der Waals surface area (Å²) in [6.07, 6.45) is 6.25. The molecule has 4 aromatic carbocycles. The Labute approximate surface area is 171 Å². The topological polar surface area (TPSA) is 23.8 Å². The number of rotatable bonds is 6. The van der Waals surface area contributed by atoms with E-state index in [0.717, 1.165) is 22.9 Å². The first-order valence-electron chi connectivity index (χ1n) is 10.3. The van der Waals surface area contributed by atoms with Gasteiger partial charge in [0.05, 0.1) is 5.56 Å². The van der Waals surface area contributed by atoms with Gasteiger partial charge in [0, 0.05) is 0 Å². The number of hydrogen-bond acceptors (Lipinski definition) is 1. The van der Waals surface area contributed by atoms with E-state index >= 15 is 0 Å². The summed E-state index contributed by atoms with van der Waals surface area (Å²) < 4.78 is 14.0. The van der Waals surface area contributed by atoms with Crippen LogP contribution in [0.15, 0.2) is 66.7 Å². The van der Waals surface area contributed by atoms with E-state index in [9.17, 15) is 4.39 Å². The van der Waals surface area contributed by atoms with Crippen LogP contribution in [0.1, 0.15) is 43.7 Å². The van der Waals surface area contributed by atoms with Crippen LogP contribution in [-0.2, 0) is 6.42 Å². The molecule has 0 amide bonds. The monoisotopic (exact) mass is 381 g/mol. The summed E-state index contributed by atoms with van der Waals surface area (Å²) in [6, 6.07) is 24.0. The molecule has 0 aliphatic carbocycles. The van der Waals surface area contributed by atoms with E-state index < -0.39 is 5.82 Å². The smallest absolute Gasteiger partial charge is 0.141 e. The molecule has 0 aliphatic rings. The van der Waals surface area contributed by atoms with Gasteiger partial charge in [0.15, 0.2) is 0 Å². The number of benzene rings is 4. The summed E-state index contributed by atoms with van der Waals surface area (Å²) in [5.74, 6) is -0.477. The van der Waals surface area contributed by atoms with Crippen molar-refractivity contribution >= 4 is 21.5 Å². The maximum Gasteiger partial charge on any atom is 0.141 e. The van der Waals surface area contributed by atoms with Crippen LogP contribution in [0.5, 0.6) is 0 Å². The van der Waals surface area contributed by atoms with E-state index in [2.05, 4.69) is 49.4 Å². The summed E-state index contributed by atoms with van der Waals surface area (Å²) in [6.45, 7) is 2.24. The molecule has 29 heavy (non-hydrogen) atoms. The summed E-state index contributed by atoms with van der Waals surface area (Å²) in [4.78, 5) is 0. The molecule has 0 spiro atoms. The fourth-order valence-electron chi connectivity index (χ4n) is 4.00. The van der Waals surface area contributed by atoms with Gasteiger partial charge in [-0.05, 0) is 69.3 Å². The normalized spacial score (nSPS) is 11.1. The van der Waals surface area contributed by atoms with Gasteiger partial charge in [-0.3, -0.25) is 0 Å². The Balaban J connectivity index is 1.67. The Hall–Kier alpha value is -3.18. The minimum Gasteiger partial charge on any atom is -0.206 e. The van der Waals surface area contributed by atoms with Crippen molar-refractivity contribution in [2.75, 3.05) is 0 Å². The van der Waals surface area contributed by atoms with Crippen molar-refractivity contribution in [1.82, 2.24) is 0 Å². The van der Waals surface area contributed by atoms with Crippen LogP contribution < -0.4 is 0 Å². The zero-order valence-corrected chi connectivity index (χ0v) is 16.7. The molecule has 0 unspecified atom stereocenters. The molecule has 0 saturated carbocycles. The third-order valence-electron chi connectivity index (χ3n) is 5.64. The standard InChI is InChI=1S/C27H24FN/c1-2-3-4-5-6-19-7-13-25-22(15-19)9-10-23-16-20(12-14-26(23)25)21-8-11-24(18-29)27(28)17-21/h7-17H,2-6H2,1H3. The molecule has 4 aromatic rings. The summed E-state index contributed by atoms with van der Waals surface area (Å²) in [5.41, 5.74) is 3.21. The molecule has 144 valence electrons. The Bertz CT molecular complexity index is 1220. The number of halogens is 1. The second-order valence-corrected chi connectivity index (χ2v) is 7.67. The van der Waals surface area contributed by atoms with Crippen LogP contribution >= 0.6 is 0 Å². The third kappa shape index (κ3) is 4.00. The molecule has 2 heteroatoms. The fourth-order valence-corrected chi connectivity index (χ4v) is 4.00. The SMILES string of the molecule is CCCCCCc1ccc2c(ccc3cc(-c4ccc(C#N)c(F)c4)ccc32)c1.